The van der Waals surface area contributed by atoms with Crippen LogP contribution in [0.3, 0.4) is 0 Å². The van der Waals surface area contributed by atoms with Crippen molar-refractivity contribution in [2.45, 2.75) is 13.0 Å². The molecule has 0 bridgehead atoms. The minimum absolute atomic E-state index is 0.0714. The van der Waals surface area contributed by atoms with Crippen molar-refractivity contribution in [1.29, 1.82) is 0 Å². The largest absolute Gasteiger partial charge is 0.346 e. The van der Waals surface area contributed by atoms with Crippen molar-refractivity contribution in [3.05, 3.63) is 96.3 Å². The van der Waals surface area contributed by atoms with Crippen LogP contribution in [-0.2, 0) is 0 Å². The molecule has 0 aliphatic heterocycles. The minimum atomic E-state index is -0.0855. The number of carbonyl (C=O) groups excluding carboxylic acids is 1. The number of hydrogen-bond acceptors (Lipinski definition) is 2. The number of benzene rings is 3. The maximum Gasteiger partial charge on any atom is 0.251 e. The lowest BCUT2D eigenvalue weighted by Crippen LogP contribution is -2.26. The molecule has 0 saturated heterocycles. The highest BCUT2D eigenvalue weighted by Gasteiger charge is 2.12. The van der Waals surface area contributed by atoms with E-state index in [4.69, 9.17) is 0 Å². The van der Waals surface area contributed by atoms with E-state index < -0.39 is 0 Å². The van der Waals surface area contributed by atoms with Crippen LogP contribution in [0.2, 0.25) is 0 Å². The van der Waals surface area contributed by atoms with Gasteiger partial charge in [-0.1, -0.05) is 36.4 Å². The molecule has 4 nitrogen and oxygen atoms in total. The first-order valence-corrected chi connectivity index (χ1v) is 8.60. The van der Waals surface area contributed by atoms with Crippen LogP contribution < -0.4 is 5.32 Å². The zero-order chi connectivity index (χ0) is 17.9. The molecule has 1 amide bonds. The molecule has 1 atom stereocenters. The van der Waals surface area contributed by atoms with Gasteiger partial charge in [-0.05, 0) is 59.7 Å². The van der Waals surface area contributed by atoms with E-state index in [1.54, 1.807) is 10.9 Å². The fraction of sp³-hybridized carbons (Fsp3) is 0.0909. The van der Waals surface area contributed by atoms with Crippen molar-refractivity contribution >= 4 is 16.7 Å². The van der Waals surface area contributed by atoms with Crippen LogP contribution in [0.1, 0.15) is 28.9 Å². The Labute approximate surface area is 152 Å². The normalized spacial score (nSPS) is 12.0. The summed E-state index contributed by atoms with van der Waals surface area (Å²) in [5.74, 6) is -0.0855. The number of rotatable bonds is 4. The van der Waals surface area contributed by atoms with Crippen LogP contribution >= 0.6 is 0 Å². The lowest BCUT2D eigenvalue weighted by Gasteiger charge is -2.15. The van der Waals surface area contributed by atoms with E-state index in [0.717, 1.165) is 11.3 Å². The number of nitrogens with zero attached hydrogens (tertiary/aromatic N) is 2. The highest BCUT2D eigenvalue weighted by atomic mass is 16.1. The average Bonchev–Trinajstić information content (AvgIpc) is 3.22. The molecular weight excluding hydrogens is 322 g/mol. The van der Waals surface area contributed by atoms with E-state index >= 15 is 0 Å². The summed E-state index contributed by atoms with van der Waals surface area (Å²) in [4.78, 5) is 12.6. The van der Waals surface area contributed by atoms with Crippen LogP contribution in [0.15, 0.2) is 85.2 Å². The summed E-state index contributed by atoms with van der Waals surface area (Å²) in [6, 6.07) is 23.7. The van der Waals surface area contributed by atoms with Crippen LogP contribution in [0.5, 0.6) is 0 Å². The third kappa shape index (κ3) is 3.22. The lowest BCUT2D eigenvalue weighted by atomic mass is 10.0. The maximum absolute atomic E-state index is 12.6. The molecule has 128 valence electrons. The van der Waals surface area contributed by atoms with E-state index in [1.807, 2.05) is 55.6 Å². The number of carbonyl (C=O) groups is 1. The standard InChI is InChI=1S/C22H19N3O/c1-16(19-8-7-17-5-2-3-6-20(17)15-19)24-22(26)18-9-11-21(12-10-18)25-14-4-13-23-25/h2-16H,1H3,(H,24,26). The maximum atomic E-state index is 12.6. The summed E-state index contributed by atoms with van der Waals surface area (Å²) in [5.41, 5.74) is 2.65. The second-order valence-corrected chi connectivity index (χ2v) is 6.30. The fourth-order valence-corrected chi connectivity index (χ4v) is 3.03. The molecule has 4 rings (SSSR count). The van der Waals surface area contributed by atoms with E-state index in [-0.39, 0.29) is 11.9 Å². The molecule has 3 aromatic carbocycles. The van der Waals surface area contributed by atoms with Gasteiger partial charge in [0.15, 0.2) is 0 Å². The smallest absolute Gasteiger partial charge is 0.251 e. The molecule has 1 heterocycles. The van der Waals surface area contributed by atoms with Crippen molar-refractivity contribution in [1.82, 2.24) is 15.1 Å². The van der Waals surface area contributed by atoms with Gasteiger partial charge in [0.05, 0.1) is 11.7 Å². The van der Waals surface area contributed by atoms with Crippen LogP contribution in [-0.4, -0.2) is 15.7 Å². The van der Waals surface area contributed by atoms with Gasteiger partial charge in [-0.3, -0.25) is 4.79 Å². The predicted octanol–water partition coefficient (Wildman–Crippen LogP) is 4.52. The molecule has 0 aliphatic carbocycles. The zero-order valence-electron chi connectivity index (χ0n) is 14.5. The zero-order valence-corrected chi connectivity index (χ0v) is 14.5. The Morgan fingerprint density at radius 2 is 1.73 bits per heavy atom. The quantitative estimate of drug-likeness (QED) is 0.593. The third-order valence-electron chi connectivity index (χ3n) is 4.52. The predicted molar refractivity (Wildman–Crippen MR) is 103 cm³/mol. The molecular formula is C22H19N3O. The van der Waals surface area contributed by atoms with Crippen LogP contribution in [0, 0.1) is 0 Å². The fourth-order valence-electron chi connectivity index (χ4n) is 3.03. The Morgan fingerprint density at radius 1 is 0.962 bits per heavy atom. The van der Waals surface area contributed by atoms with Gasteiger partial charge in [0.1, 0.15) is 0 Å². The molecule has 4 aromatic rings. The van der Waals surface area contributed by atoms with Gasteiger partial charge in [-0.15, -0.1) is 0 Å². The highest BCUT2D eigenvalue weighted by Crippen LogP contribution is 2.20. The van der Waals surface area contributed by atoms with Crippen molar-refractivity contribution in [3.8, 4) is 5.69 Å². The van der Waals surface area contributed by atoms with Crippen LogP contribution in [0.25, 0.3) is 16.5 Å². The van der Waals surface area contributed by atoms with Gasteiger partial charge in [-0.25, -0.2) is 4.68 Å². The number of aromatic nitrogens is 2. The summed E-state index contributed by atoms with van der Waals surface area (Å²) >= 11 is 0. The van der Waals surface area contributed by atoms with Gasteiger partial charge in [0.2, 0.25) is 0 Å². The molecule has 4 heteroatoms. The van der Waals surface area contributed by atoms with Crippen molar-refractivity contribution < 1.29 is 4.79 Å². The van der Waals surface area contributed by atoms with E-state index in [1.165, 1.54) is 10.8 Å². The van der Waals surface area contributed by atoms with E-state index in [0.29, 0.717) is 5.56 Å². The van der Waals surface area contributed by atoms with E-state index in [2.05, 4.69) is 40.7 Å². The Kier molecular flexibility index (Phi) is 4.23. The van der Waals surface area contributed by atoms with Crippen molar-refractivity contribution in [3.63, 3.8) is 0 Å². The second kappa shape index (κ2) is 6.84. The summed E-state index contributed by atoms with van der Waals surface area (Å²) in [6.45, 7) is 2.00. The molecule has 1 N–H and O–H groups in total. The van der Waals surface area contributed by atoms with Crippen LogP contribution in [0.4, 0.5) is 0 Å². The second-order valence-electron chi connectivity index (χ2n) is 6.30. The third-order valence-corrected chi connectivity index (χ3v) is 4.52. The highest BCUT2D eigenvalue weighted by molar-refractivity contribution is 5.94. The molecule has 0 saturated carbocycles. The Balaban J connectivity index is 1.49. The van der Waals surface area contributed by atoms with Crippen molar-refractivity contribution in [2.24, 2.45) is 0 Å². The van der Waals surface area contributed by atoms with Gasteiger partial charge in [0.25, 0.3) is 5.91 Å². The first-order valence-electron chi connectivity index (χ1n) is 8.60. The first kappa shape index (κ1) is 16.1. The van der Waals surface area contributed by atoms with E-state index in [9.17, 15) is 4.79 Å². The average molecular weight is 341 g/mol. The molecule has 0 fully saturated rings. The van der Waals surface area contributed by atoms with Gasteiger partial charge < -0.3 is 5.32 Å². The summed E-state index contributed by atoms with van der Waals surface area (Å²) in [7, 11) is 0. The molecule has 1 aromatic heterocycles. The molecule has 1 unspecified atom stereocenters. The Hall–Kier alpha value is -3.40. The summed E-state index contributed by atoms with van der Waals surface area (Å²) < 4.78 is 1.76. The Bertz CT molecular complexity index is 1040. The molecule has 0 radical (unpaired) electrons. The molecule has 0 aliphatic rings. The van der Waals surface area contributed by atoms with Crippen molar-refractivity contribution in [2.75, 3.05) is 0 Å². The number of hydrogen-bond donors (Lipinski definition) is 1. The SMILES string of the molecule is CC(NC(=O)c1ccc(-n2cccn2)cc1)c1ccc2ccccc2c1. The number of fused-ring (bicyclic) bond motifs is 1. The number of nitrogens with one attached hydrogen (secondary N) is 1. The first-order chi connectivity index (χ1) is 12.7. The monoisotopic (exact) mass is 341 g/mol. The molecule has 0 spiro atoms. The number of amides is 1. The minimum Gasteiger partial charge on any atom is -0.346 e. The van der Waals surface area contributed by atoms with Gasteiger partial charge in [-0.2, -0.15) is 5.10 Å². The summed E-state index contributed by atoms with van der Waals surface area (Å²) in [5, 5.41) is 9.63. The summed E-state index contributed by atoms with van der Waals surface area (Å²) in [6.07, 6.45) is 3.60. The topological polar surface area (TPSA) is 46.9 Å². The molecule has 26 heavy (non-hydrogen) atoms. The lowest BCUT2D eigenvalue weighted by molar-refractivity contribution is 0.0940. The van der Waals surface area contributed by atoms with Gasteiger partial charge in [0, 0.05) is 18.0 Å². The van der Waals surface area contributed by atoms with Gasteiger partial charge >= 0.3 is 0 Å². The Morgan fingerprint density at radius 3 is 2.46 bits per heavy atom.